The second kappa shape index (κ2) is 3.16. The van der Waals surface area contributed by atoms with E-state index in [0.717, 1.165) is 22.4 Å². The minimum atomic E-state index is 0.962. The molecule has 2 N–H and O–H groups in total. The van der Waals surface area contributed by atoms with E-state index in [1.54, 1.807) is 12.4 Å². The summed E-state index contributed by atoms with van der Waals surface area (Å²) in [6, 6.07) is 10.1. The van der Waals surface area contributed by atoms with Crippen molar-refractivity contribution in [3.05, 3.63) is 42.7 Å². The zero-order valence-corrected chi connectivity index (χ0v) is 7.94. The van der Waals surface area contributed by atoms with E-state index in [2.05, 4.69) is 20.2 Å². The highest BCUT2D eigenvalue weighted by molar-refractivity contribution is 5.72. The predicted molar refractivity (Wildman–Crippen MR) is 55.9 cm³/mol. The number of imidazole rings is 1. The van der Waals surface area contributed by atoms with Crippen LogP contribution in [0, 0.1) is 0 Å². The van der Waals surface area contributed by atoms with Crippen molar-refractivity contribution in [3.63, 3.8) is 0 Å². The molecule has 0 saturated carbocycles. The maximum Gasteiger partial charge on any atom is 0.285 e. The van der Waals surface area contributed by atoms with Crippen LogP contribution in [0.15, 0.2) is 42.7 Å². The van der Waals surface area contributed by atoms with Crippen LogP contribution in [0.4, 0.5) is 0 Å². The van der Waals surface area contributed by atoms with Crippen molar-refractivity contribution in [2.45, 2.75) is 0 Å². The van der Waals surface area contributed by atoms with Crippen molar-refractivity contribution in [2.24, 2.45) is 0 Å². The highest BCUT2D eigenvalue weighted by Crippen LogP contribution is 2.14. The Balaban J connectivity index is 2.21. The summed E-state index contributed by atoms with van der Waals surface area (Å²) in [5.41, 5.74) is 3.04. The lowest BCUT2D eigenvalue weighted by Gasteiger charge is -1.87. The van der Waals surface area contributed by atoms with Crippen molar-refractivity contribution < 1.29 is 4.98 Å². The molecule has 3 rings (SSSR count). The van der Waals surface area contributed by atoms with Gasteiger partial charge in [0.2, 0.25) is 0 Å². The lowest BCUT2D eigenvalue weighted by molar-refractivity contribution is -0.330. The topological polar surface area (TPSA) is 55.7 Å². The van der Waals surface area contributed by atoms with Gasteiger partial charge in [-0.25, -0.2) is 9.97 Å². The first kappa shape index (κ1) is 8.11. The molecule has 1 aromatic carbocycles. The monoisotopic (exact) mass is 197 g/mol. The van der Waals surface area contributed by atoms with Gasteiger partial charge in [-0.05, 0) is 12.1 Å². The minimum Gasteiger partial charge on any atom is -0.235 e. The summed E-state index contributed by atoms with van der Waals surface area (Å²) < 4.78 is 0. The Morgan fingerprint density at radius 3 is 2.60 bits per heavy atom. The molecule has 0 aliphatic heterocycles. The fraction of sp³-hybridized carbons (Fsp3) is 0. The van der Waals surface area contributed by atoms with Crippen LogP contribution in [-0.2, 0) is 0 Å². The van der Waals surface area contributed by atoms with Crippen LogP contribution < -0.4 is 4.98 Å². The van der Waals surface area contributed by atoms with Crippen molar-refractivity contribution in [1.82, 2.24) is 15.2 Å². The third-order valence-corrected chi connectivity index (χ3v) is 2.31. The third-order valence-electron chi connectivity index (χ3n) is 2.31. The summed E-state index contributed by atoms with van der Waals surface area (Å²) in [5, 5.41) is 7.64. The fourth-order valence-corrected chi connectivity index (χ4v) is 1.57. The Kier molecular flexibility index (Phi) is 1.71. The lowest BCUT2D eigenvalue weighted by Crippen LogP contribution is -2.02. The van der Waals surface area contributed by atoms with Crippen molar-refractivity contribution in [1.29, 1.82) is 0 Å². The summed E-state index contributed by atoms with van der Waals surface area (Å²) in [6.07, 6.45) is 3.41. The first-order valence-electron chi connectivity index (χ1n) is 4.70. The van der Waals surface area contributed by atoms with Gasteiger partial charge in [-0.15, -0.1) is 0 Å². The van der Waals surface area contributed by atoms with Crippen molar-refractivity contribution >= 4 is 11.0 Å². The Bertz CT molecular complexity index is 553. The van der Waals surface area contributed by atoms with Gasteiger partial charge < -0.3 is 0 Å². The number of aromatic amines is 2. The van der Waals surface area contributed by atoms with Gasteiger partial charge in [0, 0.05) is 0 Å². The summed E-state index contributed by atoms with van der Waals surface area (Å²) >= 11 is 0. The quantitative estimate of drug-likeness (QED) is 0.641. The number of aromatic nitrogens is 4. The number of hydrogen-bond donors (Lipinski definition) is 1. The van der Waals surface area contributed by atoms with Crippen LogP contribution in [0.2, 0.25) is 0 Å². The standard InChI is InChI=1S/C11H8N4/c1-2-4-8(5-3-1)11-14-9-6-12-13-7-10(9)15-11/h1-7H,(H,14,15)/p+1. The van der Waals surface area contributed by atoms with E-state index in [0.29, 0.717) is 0 Å². The van der Waals surface area contributed by atoms with E-state index >= 15 is 0 Å². The molecule has 4 nitrogen and oxygen atoms in total. The SMILES string of the molecule is c1ccc(-c2[nH]c3cnncc3[nH+]2)cc1. The van der Waals surface area contributed by atoms with Gasteiger partial charge in [0.25, 0.3) is 5.82 Å². The largest absolute Gasteiger partial charge is 0.285 e. The second-order valence-electron chi connectivity index (χ2n) is 3.31. The number of H-pyrrole nitrogens is 2. The van der Waals surface area contributed by atoms with E-state index in [9.17, 15) is 0 Å². The molecule has 0 radical (unpaired) electrons. The molecule has 0 saturated heterocycles. The Hall–Kier alpha value is -2.23. The molecule has 0 amide bonds. The first-order valence-corrected chi connectivity index (χ1v) is 4.70. The van der Waals surface area contributed by atoms with E-state index in [-0.39, 0.29) is 0 Å². The summed E-state index contributed by atoms with van der Waals surface area (Å²) in [5.74, 6) is 0.973. The van der Waals surface area contributed by atoms with Gasteiger partial charge in [-0.3, -0.25) is 0 Å². The Labute approximate surface area is 86.0 Å². The Morgan fingerprint density at radius 1 is 1.00 bits per heavy atom. The smallest absolute Gasteiger partial charge is 0.235 e. The van der Waals surface area contributed by atoms with Gasteiger partial charge >= 0.3 is 0 Å². The van der Waals surface area contributed by atoms with Gasteiger partial charge in [0.05, 0.1) is 5.56 Å². The van der Waals surface area contributed by atoms with Crippen LogP contribution in [0.5, 0.6) is 0 Å². The third kappa shape index (κ3) is 1.36. The molecule has 72 valence electrons. The van der Waals surface area contributed by atoms with Gasteiger partial charge in [0.1, 0.15) is 12.4 Å². The first-order chi connectivity index (χ1) is 7.43. The molecule has 4 heteroatoms. The van der Waals surface area contributed by atoms with Gasteiger partial charge in [-0.1, -0.05) is 18.2 Å². The zero-order chi connectivity index (χ0) is 10.1. The van der Waals surface area contributed by atoms with Crippen LogP contribution in [0.3, 0.4) is 0 Å². The molecular formula is C11H9N4+. The number of nitrogens with zero attached hydrogens (tertiary/aromatic N) is 2. The molecule has 15 heavy (non-hydrogen) atoms. The highest BCUT2D eigenvalue weighted by Gasteiger charge is 2.11. The maximum atomic E-state index is 3.82. The summed E-state index contributed by atoms with van der Waals surface area (Å²) in [6.45, 7) is 0. The van der Waals surface area contributed by atoms with Gasteiger partial charge in [-0.2, -0.15) is 10.2 Å². The predicted octanol–water partition coefficient (Wildman–Crippen LogP) is 1.44. The molecule has 0 spiro atoms. The fourth-order valence-electron chi connectivity index (χ4n) is 1.57. The molecule has 0 fully saturated rings. The number of rotatable bonds is 1. The van der Waals surface area contributed by atoms with Crippen molar-refractivity contribution in [2.75, 3.05) is 0 Å². The van der Waals surface area contributed by atoms with Crippen LogP contribution in [-0.4, -0.2) is 15.2 Å². The average molecular weight is 197 g/mol. The Morgan fingerprint density at radius 2 is 1.80 bits per heavy atom. The minimum absolute atomic E-state index is 0.962. The number of nitrogens with one attached hydrogen (secondary N) is 2. The molecule has 0 atom stereocenters. The van der Waals surface area contributed by atoms with Crippen molar-refractivity contribution in [3.8, 4) is 11.4 Å². The van der Waals surface area contributed by atoms with Crippen LogP contribution in [0.25, 0.3) is 22.4 Å². The second-order valence-corrected chi connectivity index (χ2v) is 3.31. The van der Waals surface area contributed by atoms with E-state index in [1.165, 1.54) is 0 Å². The average Bonchev–Trinajstić information content (AvgIpc) is 2.74. The molecule has 3 aromatic rings. The molecule has 0 unspecified atom stereocenters. The summed E-state index contributed by atoms with van der Waals surface area (Å²) in [7, 11) is 0. The van der Waals surface area contributed by atoms with E-state index in [4.69, 9.17) is 0 Å². The van der Waals surface area contributed by atoms with Crippen LogP contribution >= 0.6 is 0 Å². The zero-order valence-electron chi connectivity index (χ0n) is 7.94. The number of fused-ring (bicyclic) bond motifs is 1. The number of hydrogen-bond acceptors (Lipinski definition) is 2. The molecular weight excluding hydrogens is 188 g/mol. The molecule has 0 aliphatic rings. The van der Waals surface area contributed by atoms with E-state index < -0.39 is 0 Å². The highest BCUT2D eigenvalue weighted by atomic mass is 15.1. The maximum absolute atomic E-state index is 3.82. The molecule has 2 aromatic heterocycles. The van der Waals surface area contributed by atoms with E-state index in [1.807, 2.05) is 30.3 Å². The summed E-state index contributed by atoms with van der Waals surface area (Å²) in [4.78, 5) is 6.51. The lowest BCUT2D eigenvalue weighted by atomic mass is 10.2. The molecule has 0 aliphatic carbocycles. The molecule has 2 heterocycles. The van der Waals surface area contributed by atoms with Gasteiger partial charge in [0.15, 0.2) is 11.0 Å². The molecule has 0 bridgehead atoms. The number of benzene rings is 1. The normalized spacial score (nSPS) is 10.7. The van der Waals surface area contributed by atoms with Crippen LogP contribution in [0.1, 0.15) is 0 Å².